The average Bonchev–Trinajstić information content (AvgIpc) is 2.81. The second kappa shape index (κ2) is 4.38. The van der Waals surface area contributed by atoms with Gasteiger partial charge in [-0.15, -0.1) is 0 Å². The van der Waals surface area contributed by atoms with Gasteiger partial charge in [0.2, 0.25) is 6.79 Å². The molecule has 3 nitrogen and oxygen atoms in total. The maximum absolute atomic E-state index is 13.0. The molecular formula is C13H9ClFNO2. The van der Waals surface area contributed by atoms with Crippen LogP contribution in [0.2, 0.25) is 5.02 Å². The van der Waals surface area contributed by atoms with E-state index >= 15 is 0 Å². The first-order valence-corrected chi connectivity index (χ1v) is 5.72. The number of benzene rings is 2. The number of hydrogen-bond donors (Lipinski definition) is 1. The fraction of sp³-hybridized carbons (Fsp3) is 0.0769. The Morgan fingerprint density at radius 2 is 1.72 bits per heavy atom. The standard InChI is InChI=1S/C13H9ClFNO2/c14-10-5-8(1-3-11(10)15)16-9-2-4-12-13(6-9)18-7-17-12/h1-6,16H,7H2. The number of anilines is 2. The maximum Gasteiger partial charge on any atom is 0.231 e. The second-order valence-corrected chi connectivity index (χ2v) is 4.23. The third-order valence-corrected chi connectivity index (χ3v) is 2.87. The largest absolute Gasteiger partial charge is 0.454 e. The Morgan fingerprint density at radius 1 is 1.00 bits per heavy atom. The molecule has 2 aromatic carbocycles. The van der Waals surface area contributed by atoms with Crippen molar-refractivity contribution in [3.63, 3.8) is 0 Å². The summed E-state index contributed by atoms with van der Waals surface area (Å²) in [6, 6.07) is 9.95. The van der Waals surface area contributed by atoms with Crippen molar-refractivity contribution in [1.29, 1.82) is 0 Å². The zero-order valence-electron chi connectivity index (χ0n) is 9.24. The Labute approximate surface area is 108 Å². The van der Waals surface area contributed by atoms with Gasteiger partial charge in [-0.1, -0.05) is 11.6 Å². The Kier molecular flexibility index (Phi) is 2.72. The lowest BCUT2D eigenvalue weighted by Gasteiger charge is -2.07. The third kappa shape index (κ3) is 2.07. The van der Waals surface area contributed by atoms with Gasteiger partial charge >= 0.3 is 0 Å². The van der Waals surface area contributed by atoms with Crippen LogP contribution in [0.5, 0.6) is 11.5 Å². The van der Waals surface area contributed by atoms with Crippen LogP contribution in [0.25, 0.3) is 0 Å². The zero-order valence-corrected chi connectivity index (χ0v) is 10.00. The van der Waals surface area contributed by atoms with E-state index in [2.05, 4.69) is 5.32 Å². The first-order valence-electron chi connectivity index (χ1n) is 5.34. The Morgan fingerprint density at radius 3 is 2.56 bits per heavy atom. The van der Waals surface area contributed by atoms with Gasteiger partial charge < -0.3 is 14.8 Å². The topological polar surface area (TPSA) is 30.5 Å². The average molecular weight is 266 g/mol. The van der Waals surface area contributed by atoms with Crippen LogP contribution in [0.3, 0.4) is 0 Å². The van der Waals surface area contributed by atoms with Crippen LogP contribution in [0.4, 0.5) is 15.8 Å². The smallest absolute Gasteiger partial charge is 0.231 e. The minimum absolute atomic E-state index is 0.0840. The summed E-state index contributed by atoms with van der Waals surface area (Å²) < 4.78 is 23.5. The molecule has 0 spiro atoms. The molecule has 18 heavy (non-hydrogen) atoms. The van der Waals surface area contributed by atoms with E-state index in [1.165, 1.54) is 12.1 Å². The van der Waals surface area contributed by atoms with E-state index in [-0.39, 0.29) is 11.8 Å². The lowest BCUT2D eigenvalue weighted by molar-refractivity contribution is 0.174. The molecule has 0 unspecified atom stereocenters. The zero-order chi connectivity index (χ0) is 12.5. The highest BCUT2D eigenvalue weighted by molar-refractivity contribution is 6.31. The van der Waals surface area contributed by atoms with Crippen molar-refractivity contribution < 1.29 is 13.9 Å². The van der Waals surface area contributed by atoms with Crippen molar-refractivity contribution in [3.05, 3.63) is 47.2 Å². The molecule has 0 atom stereocenters. The molecule has 0 saturated heterocycles. The summed E-state index contributed by atoms with van der Waals surface area (Å²) in [5.41, 5.74) is 1.53. The van der Waals surface area contributed by atoms with Gasteiger partial charge in [-0.3, -0.25) is 0 Å². The first kappa shape index (κ1) is 11.2. The Hall–Kier alpha value is -1.94. The van der Waals surface area contributed by atoms with Crippen LogP contribution in [0.15, 0.2) is 36.4 Å². The maximum atomic E-state index is 13.0. The molecule has 0 fully saturated rings. The van der Waals surface area contributed by atoms with Gasteiger partial charge in [-0.25, -0.2) is 4.39 Å². The summed E-state index contributed by atoms with van der Waals surface area (Å²) in [4.78, 5) is 0. The lowest BCUT2D eigenvalue weighted by atomic mass is 10.2. The summed E-state index contributed by atoms with van der Waals surface area (Å²) in [6.07, 6.45) is 0. The minimum Gasteiger partial charge on any atom is -0.454 e. The molecule has 0 radical (unpaired) electrons. The van der Waals surface area contributed by atoms with Crippen LogP contribution in [0.1, 0.15) is 0 Å². The van der Waals surface area contributed by atoms with Gasteiger partial charge in [0.25, 0.3) is 0 Å². The van der Waals surface area contributed by atoms with Crippen LogP contribution in [0, 0.1) is 5.82 Å². The number of rotatable bonds is 2. The summed E-state index contributed by atoms with van der Waals surface area (Å²) in [6.45, 7) is 0.237. The van der Waals surface area contributed by atoms with Crippen LogP contribution in [-0.4, -0.2) is 6.79 Å². The SMILES string of the molecule is Fc1ccc(Nc2ccc3c(c2)OCO3)cc1Cl. The van der Waals surface area contributed by atoms with E-state index in [9.17, 15) is 4.39 Å². The van der Waals surface area contributed by atoms with E-state index in [1.807, 2.05) is 18.2 Å². The number of hydrogen-bond acceptors (Lipinski definition) is 3. The van der Waals surface area contributed by atoms with Crippen molar-refractivity contribution in [2.24, 2.45) is 0 Å². The van der Waals surface area contributed by atoms with E-state index in [0.717, 1.165) is 11.4 Å². The van der Waals surface area contributed by atoms with Gasteiger partial charge in [0, 0.05) is 17.4 Å². The molecule has 2 aromatic rings. The van der Waals surface area contributed by atoms with Crippen molar-refractivity contribution >= 4 is 23.0 Å². The second-order valence-electron chi connectivity index (χ2n) is 3.82. The van der Waals surface area contributed by atoms with Gasteiger partial charge in [0.1, 0.15) is 5.82 Å². The molecule has 0 bridgehead atoms. The third-order valence-electron chi connectivity index (χ3n) is 2.58. The highest BCUT2D eigenvalue weighted by Gasteiger charge is 2.13. The van der Waals surface area contributed by atoms with Gasteiger partial charge in [-0.05, 0) is 30.3 Å². The summed E-state index contributed by atoms with van der Waals surface area (Å²) in [5.74, 6) is 0.971. The van der Waals surface area contributed by atoms with Crippen molar-refractivity contribution in [2.45, 2.75) is 0 Å². The van der Waals surface area contributed by atoms with Crippen molar-refractivity contribution in [3.8, 4) is 11.5 Å². The fourth-order valence-electron chi connectivity index (χ4n) is 1.71. The Balaban J connectivity index is 1.85. The normalized spacial score (nSPS) is 12.6. The van der Waals surface area contributed by atoms with E-state index < -0.39 is 5.82 Å². The molecule has 3 rings (SSSR count). The van der Waals surface area contributed by atoms with Crippen LogP contribution >= 0.6 is 11.6 Å². The number of fused-ring (bicyclic) bond motifs is 1. The quantitative estimate of drug-likeness (QED) is 0.892. The molecule has 1 aliphatic rings. The first-order chi connectivity index (χ1) is 8.72. The molecule has 0 aromatic heterocycles. The molecule has 1 N–H and O–H groups in total. The van der Waals surface area contributed by atoms with Gasteiger partial charge in [0.15, 0.2) is 11.5 Å². The van der Waals surface area contributed by atoms with Crippen LogP contribution in [-0.2, 0) is 0 Å². The molecule has 1 aliphatic heterocycles. The van der Waals surface area contributed by atoms with Crippen molar-refractivity contribution in [1.82, 2.24) is 0 Å². The molecule has 5 heteroatoms. The van der Waals surface area contributed by atoms with E-state index in [0.29, 0.717) is 11.4 Å². The number of nitrogens with one attached hydrogen (secondary N) is 1. The molecule has 0 aliphatic carbocycles. The monoisotopic (exact) mass is 265 g/mol. The minimum atomic E-state index is -0.437. The van der Waals surface area contributed by atoms with E-state index in [4.69, 9.17) is 21.1 Å². The highest BCUT2D eigenvalue weighted by atomic mass is 35.5. The molecule has 0 amide bonds. The van der Waals surface area contributed by atoms with Crippen LogP contribution < -0.4 is 14.8 Å². The number of ether oxygens (including phenoxy) is 2. The molecule has 92 valence electrons. The fourth-order valence-corrected chi connectivity index (χ4v) is 1.90. The molecule has 1 heterocycles. The predicted molar refractivity (Wildman–Crippen MR) is 67.3 cm³/mol. The Bertz CT molecular complexity index is 604. The highest BCUT2D eigenvalue weighted by Crippen LogP contribution is 2.35. The van der Waals surface area contributed by atoms with Gasteiger partial charge in [0.05, 0.1) is 5.02 Å². The lowest BCUT2D eigenvalue weighted by Crippen LogP contribution is -1.93. The summed E-state index contributed by atoms with van der Waals surface area (Å²) in [7, 11) is 0. The van der Waals surface area contributed by atoms with E-state index in [1.54, 1.807) is 6.07 Å². The number of halogens is 2. The molecular weight excluding hydrogens is 257 g/mol. The van der Waals surface area contributed by atoms with Crippen molar-refractivity contribution in [2.75, 3.05) is 12.1 Å². The predicted octanol–water partition coefficient (Wildman–Crippen LogP) is 3.95. The summed E-state index contributed by atoms with van der Waals surface area (Å²) >= 11 is 5.71. The van der Waals surface area contributed by atoms with Gasteiger partial charge in [-0.2, -0.15) is 0 Å². The summed E-state index contributed by atoms with van der Waals surface area (Å²) in [5, 5.41) is 3.20. The molecule has 0 saturated carbocycles.